The van der Waals surface area contributed by atoms with Crippen LogP contribution >= 0.6 is 0 Å². The first-order chi connectivity index (χ1) is 16.6. The minimum Gasteiger partial charge on any atom is -0.370 e. The van der Waals surface area contributed by atoms with Gasteiger partial charge in [0, 0.05) is 39.1 Å². The van der Waals surface area contributed by atoms with E-state index in [4.69, 9.17) is 16.2 Å². The molecule has 5 N–H and O–H groups in total. The lowest BCUT2D eigenvalue weighted by Crippen LogP contribution is -2.50. The van der Waals surface area contributed by atoms with Crippen molar-refractivity contribution in [1.82, 2.24) is 24.0 Å². The highest BCUT2D eigenvalue weighted by molar-refractivity contribution is 7.89. The summed E-state index contributed by atoms with van der Waals surface area (Å²) in [7, 11) is -0.646. The van der Waals surface area contributed by atoms with Crippen LogP contribution in [0.25, 0.3) is 10.9 Å². The maximum absolute atomic E-state index is 12.8. The summed E-state index contributed by atoms with van der Waals surface area (Å²) in [5, 5.41) is 25.5. The molecule has 2 aromatic heterocycles. The van der Waals surface area contributed by atoms with E-state index in [0.29, 0.717) is 48.3 Å². The van der Waals surface area contributed by atoms with Crippen LogP contribution in [0.15, 0.2) is 46.2 Å². The molecule has 35 heavy (non-hydrogen) atoms. The number of H-pyrrole nitrogens is 1. The molecule has 0 spiro atoms. The Hall–Kier alpha value is -3.89. The number of fused-ring (bicyclic) bond motifs is 1. The van der Waals surface area contributed by atoms with E-state index in [1.54, 1.807) is 27.8 Å². The van der Waals surface area contributed by atoms with Crippen LogP contribution < -0.4 is 16.6 Å². The fourth-order valence-electron chi connectivity index (χ4n) is 4.36. The Morgan fingerprint density at radius 2 is 1.94 bits per heavy atom. The average molecular weight is 498 g/mol. The lowest BCUT2D eigenvalue weighted by atomic mass is 9.84. The van der Waals surface area contributed by atoms with Gasteiger partial charge in [-0.3, -0.25) is 14.9 Å². The minimum absolute atomic E-state index is 0.0144. The number of nitrogens with one attached hydrogen (secondary N) is 3. The van der Waals surface area contributed by atoms with E-state index >= 15 is 0 Å². The van der Waals surface area contributed by atoms with E-state index in [9.17, 15) is 18.5 Å². The first-order valence-electron chi connectivity index (χ1n) is 11.0. The third-order valence-electron chi connectivity index (χ3n) is 6.39. The molecular formula is C22H27N9O3S. The summed E-state index contributed by atoms with van der Waals surface area (Å²) in [4.78, 5) is 17.4. The molecule has 0 aliphatic carbocycles. The highest BCUT2D eigenvalue weighted by Crippen LogP contribution is 2.37. The number of rotatable bonds is 6. The van der Waals surface area contributed by atoms with Crippen molar-refractivity contribution in [2.75, 3.05) is 32.5 Å². The molecule has 1 aliphatic heterocycles. The summed E-state index contributed by atoms with van der Waals surface area (Å²) in [6, 6.07) is 10.2. The number of piperidine rings is 1. The molecule has 1 aliphatic rings. The largest absolute Gasteiger partial charge is 0.370 e. The molecule has 184 valence electrons. The molecule has 13 heteroatoms. The van der Waals surface area contributed by atoms with Crippen LogP contribution in [0.1, 0.15) is 19.3 Å². The van der Waals surface area contributed by atoms with Crippen LogP contribution in [-0.4, -0.2) is 65.5 Å². The first kappa shape index (κ1) is 24.2. The third-order valence-corrected chi connectivity index (χ3v) is 8.22. The highest BCUT2D eigenvalue weighted by atomic mass is 32.2. The molecule has 1 saturated heterocycles. The maximum atomic E-state index is 12.8. The van der Waals surface area contributed by atoms with Crippen molar-refractivity contribution < 1.29 is 8.42 Å². The molecule has 0 saturated carbocycles. The number of likely N-dealkylation sites (tertiary alicyclic amines) is 1. The van der Waals surface area contributed by atoms with E-state index in [1.165, 1.54) is 32.4 Å². The van der Waals surface area contributed by atoms with E-state index in [0.717, 1.165) is 4.31 Å². The Balaban J connectivity index is 1.75. The van der Waals surface area contributed by atoms with Crippen LogP contribution in [0.3, 0.4) is 0 Å². The Bertz CT molecular complexity index is 1460. The van der Waals surface area contributed by atoms with Gasteiger partial charge in [0.1, 0.15) is 5.39 Å². The van der Waals surface area contributed by atoms with Gasteiger partial charge in [-0.1, -0.05) is 0 Å². The molecular weight excluding hydrogens is 470 g/mol. The van der Waals surface area contributed by atoms with Gasteiger partial charge in [-0.05, 0) is 43.2 Å². The van der Waals surface area contributed by atoms with Crippen LogP contribution in [-0.2, 0) is 15.6 Å². The summed E-state index contributed by atoms with van der Waals surface area (Å²) in [5.74, 6) is 0.288. The van der Waals surface area contributed by atoms with Crippen molar-refractivity contribution in [3.05, 3.63) is 46.9 Å². The zero-order valence-corrected chi connectivity index (χ0v) is 20.3. The molecule has 0 amide bonds. The molecule has 4 rings (SSSR count). The molecule has 12 nitrogen and oxygen atoms in total. The third kappa shape index (κ3) is 4.33. The second-order valence-corrected chi connectivity index (χ2v) is 10.8. The zero-order chi connectivity index (χ0) is 25.4. The van der Waals surface area contributed by atoms with Crippen LogP contribution in [0.5, 0.6) is 0 Å². The molecule has 0 radical (unpaired) electrons. The number of pyridine rings is 1. The standard InChI is InChI=1S/C22H27N9O3S/c1-29(2)35(33,34)16-5-3-15(4-6-16)27-19-18-17(7-12-26-20(18)32)31(28-19)22(8-11-23)9-13-30(14-10-22)21(24)25/h3-7,12H,8-10,13-14H2,1-2H3,(H3,24,25)(H,26,32)(H,27,28). The summed E-state index contributed by atoms with van der Waals surface area (Å²) in [6.07, 6.45) is 2.78. The quantitative estimate of drug-likeness (QED) is 0.291. The Labute approximate surface area is 202 Å². The number of aromatic amines is 1. The maximum Gasteiger partial charge on any atom is 0.261 e. The SMILES string of the molecule is CN(C)S(=O)(=O)c1ccc(Nc2nn(C3(CC#N)CCN(C(=N)N)CC3)c3cc[nH]c(=O)c23)cc1. The lowest BCUT2D eigenvalue weighted by Gasteiger charge is -2.41. The average Bonchev–Trinajstić information content (AvgIpc) is 3.20. The smallest absolute Gasteiger partial charge is 0.261 e. The van der Waals surface area contributed by atoms with Crippen LogP contribution in [0.2, 0.25) is 0 Å². The molecule has 0 unspecified atom stereocenters. The summed E-state index contributed by atoms with van der Waals surface area (Å²) >= 11 is 0. The van der Waals surface area contributed by atoms with Crippen molar-refractivity contribution in [2.45, 2.75) is 29.7 Å². The number of nitriles is 1. The van der Waals surface area contributed by atoms with Crippen LogP contribution in [0.4, 0.5) is 11.5 Å². The van der Waals surface area contributed by atoms with Gasteiger partial charge in [-0.2, -0.15) is 10.4 Å². The number of guanidine groups is 1. The summed E-state index contributed by atoms with van der Waals surface area (Å²) < 4.78 is 27.6. The molecule has 1 aromatic carbocycles. The number of hydrogen-bond acceptors (Lipinski definition) is 7. The highest BCUT2D eigenvalue weighted by Gasteiger charge is 2.39. The number of hydrogen-bond donors (Lipinski definition) is 4. The number of nitrogens with zero attached hydrogens (tertiary/aromatic N) is 5. The summed E-state index contributed by atoms with van der Waals surface area (Å²) in [5.41, 5.74) is 5.77. The number of aromatic nitrogens is 3. The number of anilines is 2. The Morgan fingerprint density at radius 3 is 2.51 bits per heavy atom. The molecule has 1 fully saturated rings. The van der Waals surface area contributed by atoms with E-state index in [-0.39, 0.29) is 22.8 Å². The van der Waals surface area contributed by atoms with Crippen molar-refractivity contribution in [1.29, 1.82) is 10.7 Å². The predicted molar refractivity (Wildman–Crippen MR) is 132 cm³/mol. The zero-order valence-electron chi connectivity index (χ0n) is 19.4. The minimum atomic E-state index is -3.57. The molecule has 3 heterocycles. The van der Waals surface area contributed by atoms with Gasteiger partial charge in [0.2, 0.25) is 10.0 Å². The van der Waals surface area contributed by atoms with Crippen molar-refractivity contribution >= 4 is 38.4 Å². The number of benzene rings is 1. The fourth-order valence-corrected chi connectivity index (χ4v) is 5.26. The molecule has 0 atom stereocenters. The number of sulfonamides is 1. The first-order valence-corrected chi connectivity index (χ1v) is 12.4. The lowest BCUT2D eigenvalue weighted by molar-refractivity contribution is 0.146. The van der Waals surface area contributed by atoms with Gasteiger partial charge in [0.25, 0.3) is 5.56 Å². The monoisotopic (exact) mass is 497 g/mol. The van der Waals surface area contributed by atoms with Gasteiger partial charge in [-0.25, -0.2) is 12.7 Å². The normalized spacial score (nSPS) is 15.8. The van der Waals surface area contributed by atoms with Gasteiger partial charge in [0.05, 0.1) is 28.4 Å². The fraction of sp³-hybridized carbons (Fsp3) is 0.364. The van der Waals surface area contributed by atoms with E-state index < -0.39 is 15.6 Å². The van der Waals surface area contributed by atoms with Crippen LogP contribution in [0, 0.1) is 16.7 Å². The molecule has 0 bridgehead atoms. The van der Waals surface area contributed by atoms with Gasteiger partial charge < -0.3 is 20.9 Å². The van der Waals surface area contributed by atoms with Gasteiger partial charge in [-0.15, -0.1) is 0 Å². The molecule has 3 aromatic rings. The van der Waals surface area contributed by atoms with Gasteiger partial charge in [0.15, 0.2) is 11.8 Å². The Morgan fingerprint density at radius 1 is 1.29 bits per heavy atom. The van der Waals surface area contributed by atoms with Gasteiger partial charge >= 0.3 is 0 Å². The van der Waals surface area contributed by atoms with Crippen molar-refractivity contribution in [3.8, 4) is 6.07 Å². The number of nitrogens with two attached hydrogens (primary N) is 1. The van der Waals surface area contributed by atoms with E-state index in [1.807, 2.05) is 0 Å². The van der Waals surface area contributed by atoms with Crippen molar-refractivity contribution in [2.24, 2.45) is 5.73 Å². The topological polar surface area (TPSA) is 177 Å². The second kappa shape index (κ2) is 9.05. The second-order valence-electron chi connectivity index (χ2n) is 8.70. The van der Waals surface area contributed by atoms with E-state index in [2.05, 4.69) is 16.4 Å². The predicted octanol–water partition coefficient (Wildman–Crippen LogP) is 1.32. The summed E-state index contributed by atoms with van der Waals surface area (Å²) in [6.45, 7) is 0.984. The van der Waals surface area contributed by atoms with Crippen molar-refractivity contribution in [3.63, 3.8) is 0 Å². The Kier molecular flexibility index (Phi) is 6.27.